The summed E-state index contributed by atoms with van der Waals surface area (Å²) < 4.78 is 10.8. The molecule has 6 heteroatoms. The third kappa shape index (κ3) is 4.39. The molecule has 1 aromatic rings. The Morgan fingerprint density at radius 3 is 2.75 bits per heavy atom. The second-order valence-corrected chi connectivity index (χ2v) is 6.83. The van der Waals surface area contributed by atoms with Gasteiger partial charge in [-0.3, -0.25) is 9.69 Å². The van der Waals surface area contributed by atoms with Crippen LogP contribution in [0.2, 0.25) is 0 Å². The molecule has 2 heterocycles. The van der Waals surface area contributed by atoms with Crippen LogP contribution in [0.5, 0.6) is 11.5 Å². The molecule has 1 saturated heterocycles. The van der Waals surface area contributed by atoms with Crippen LogP contribution in [0.4, 0.5) is 0 Å². The molecule has 0 spiro atoms. The van der Waals surface area contributed by atoms with E-state index in [0.29, 0.717) is 6.79 Å². The molecule has 0 aromatic heterocycles. The second kappa shape index (κ2) is 7.85. The first-order chi connectivity index (χ1) is 11.6. The van der Waals surface area contributed by atoms with E-state index < -0.39 is 0 Å². The van der Waals surface area contributed by atoms with E-state index in [1.165, 1.54) is 5.56 Å². The Bertz CT molecular complexity index is 569. The number of amides is 1. The standard InChI is InChI=1S/C18H27N3O3/c1-20(2)10-7-19-18(22)15-5-8-21(9-6-15)12-14-3-4-16-17(11-14)24-13-23-16/h3-4,11,15H,5-10,12-13H2,1-2H3,(H,19,22). The zero-order valence-corrected chi connectivity index (χ0v) is 14.6. The molecule has 2 aliphatic heterocycles. The van der Waals surface area contributed by atoms with Crippen LogP contribution in [0.3, 0.4) is 0 Å². The van der Waals surface area contributed by atoms with E-state index in [4.69, 9.17) is 9.47 Å². The molecule has 0 radical (unpaired) electrons. The summed E-state index contributed by atoms with van der Waals surface area (Å²) in [6.45, 7) is 4.73. The average Bonchev–Trinajstić information content (AvgIpc) is 3.03. The Morgan fingerprint density at radius 2 is 2.00 bits per heavy atom. The van der Waals surface area contributed by atoms with Crippen molar-refractivity contribution in [2.45, 2.75) is 19.4 Å². The predicted octanol–water partition coefficient (Wildman–Crippen LogP) is 1.31. The molecule has 0 aliphatic carbocycles. The summed E-state index contributed by atoms with van der Waals surface area (Å²) >= 11 is 0. The summed E-state index contributed by atoms with van der Waals surface area (Å²) in [6.07, 6.45) is 1.86. The number of likely N-dealkylation sites (N-methyl/N-ethyl adjacent to an activating group) is 1. The van der Waals surface area contributed by atoms with E-state index >= 15 is 0 Å². The van der Waals surface area contributed by atoms with Crippen molar-refractivity contribution in [1.82, 2.24) is 15.1 Å². The van der Waals surface area contributed by atoms with Crippen molar-refractivity contribution in [3.05, 3.63) is 23.8 Å². The van der Waals surface area contributed by atoms with Crippen molar-refractivity contribution in [3.63, 3.8) is 0 Å². The number of piperidine rings is 1. The van der Waals surface area contributed by atoms with Gasteiger partial charge >= 0.3 is 0 Å². The molecular weight excluding hydrogens is 306 g/mol. The number of fused-ring (bicyclic) bond motifs is 1. The molecular formula is C18H27N3O3. The van der Waals surface area contributed by atoms with Crippen LogP contribution in [-0.2, 0) is 11.3 Å². The minimum absolute atomic E-state index is 0.153. The minimum Gasteiger partial charge on any atom is -0.454 e. The van der Waals surface area contributed by atoms with Gasteiger partial charge in [0, 0.05) is 25.6 Å². The average molecular weight is 333 g/mol. The molecule has 1 aromatic carbocycles. The molecule has 24 heavy (non-hydrogen) atoms. The lowest BCUT2D eigenvalue weighted by Crippen LogP contribution is -2.41. The van der Waals surface area contributed by atoms with Gasteiger partial charge in [0.1, 0.15) is 0 Å². The van der Waals surface area contributed by atoms with E-state index in [-0.39, 0.29) is 11.8 Å². The maximum Gasteiger partial charge on any atom is 0.231 e. The fourth-order valence-corrected chi connectivity index (χ4v) is 3.20. The van der Waals surface area contributed by atoms with Gasteiger partial charge in [-0.1, -0.05) is 6.07 Å². The third-order valence-corrected chi connectivity index (χ3v) is 4.66. The van der Waals surface area contributed by atoms with Gasteiger partial charge in [-0.05, 0) is 57.7 Å². The van der Waals surface area contributed by atoms with Crippen LogP contribution in [0, 0.1) is 5.92 Å². The number of benzene rings is 1. The molecule has 1 N–H and O–H groups in total. The Balaban J connectivity index is 1.43. The Labute approximate surface area is 143 Å². The number of ether oxygens (including phenoxy) is 2. The van der Waals surface area contributed by atoms with E-state index in [1.807, 2.05) is 20.2 Å². The first-order valence-corrected chi connectivity index (χ1v) is 8.65. The quantitative estimate of drug-likeness (QED) is 0.851. The van der Waals surface area contributed by atoms with Gasteiger partial charge in [0.05, 0.1) is 0 Å². The number of nitrogens with one attached hydrogen (secondary N) is 1. The predicted molar refractivity (Wildman–Crippen MR) is 92.1 cm³/mol. The highest BCUT2D eigenvalue weighted by molar-refractivity contribution is 5.78. The molecule has 6 nitrogen and oxygen atoms in total. The van der Waals surface area contributed by atoms with Crippen molar-refractivity contribution in [2.24, 2.45) is 5.92 Å². The summed E-state index contributed by atoms with van der Waals surface area (Å²) in [4.78, 5) is 16.7. The first-order valence-electron chi connectivity index (χ1n) is 8.65. The summed E-state index contributed by atoms with van der Waals surface area (Å²) in [6, 6.07) is 6.12. The molecule has 0 saturated carbocycles. The number of nitrogens with zero attached hydrogens (tertiary/aromatic N) is 2. The lowest BCUT2D eigenvalue weighted by Gasteiger charge is -2.31. The zero-order chi connectivity index (χ0) is 16.9. The maximum atomic E-state index is 12.2. The smallest absolute Gasteiger partial charge is 0.231 e. The summed E-state index contributed by atoms with van der Waals surface area (Å²) in [5.74, 6) is 2.02. The molecule has 0 unspecified atom stereocenters. The lowest BCUT2D eigenvalue weighted by atomic mass is 9.95. The monoisotopic (exact) mass is 333 g/mol. The van der Waals surface area contributed by atoms with Crippen LogP contribution >= 0.6 is 0 Å². The molecule has 0 atom stereocenters. The van der Waals surface area contributed by atoms with Crippen LogP contribution < -0.4 is 14.8 Å². The van der Waals surface area contributed by atoms with Gasteiger partial charge in [-0.25, -0.2) is 0 Å². The van der Waals surface area contributed by atoms with Gasteiger partial charge in [-0.15, -0.1) is 0 Å². The van der Waals surface area contributed by atoms with Crippen LogP contribution in [0.1, 0.15) is 18.4 Å². The number of hydrogen-bond acceptors (Lipinski definition) is 5. The van der Waals surface area contributed by atoms with Crippen molar-refractivity contribution >= 4 is 5.91 Å². The van der Waals surface area contributed by atoms with Crippen LogP contribution in [0.15, 0.2) is 18.2 Å². The normalized spacial score (nSPS) is 18.1. The van der Waals surface area contributed by atoms with Crippen LogP contribution in [-0.4, -0.2) is 62.8 Å². The minimum atomic E-state index is 0.153. The number of likely N-dealkylation sites (tertiary alicyclic amines) is 1. The van der Waals surface area contributed by atoms with Crippen molar-refractivity contribution < 1.29 is 14.3 Å². The largest absolute Gasteiger partial charge is 0.454 e. The lowest BCUT2D eigenvalue weighted by molar-refractivity contribution is -0.126. The fourth-order valence-electron chi connectivity index (χ4n) is 3.20. The number of hydrogen-bond donors (Lipinski definition) is 1. The number of rotatable bonds is 6. The van der Waals surface area contributed by atoms with E-state index in [9.17, 15) is 4.79 Å². The first kappa shape index (κ1) is 17.0. The van der Waals surface area contributed by atoms with E-state index in [2.05, 4.69) is 27.2 Å². The molecule has 1 amide bonds. The topological polar surface area (TPSA) is 54.0 Å². The maximum absolute atomic E-state index is 12.2. The second-order valence-electron chi connectivity index (χ2n) is 6.83. The molecule has 1 fully saturated rings. The van der Waals surface area contributed by atoms with Gasteiger partial charge in [-0.2, -0.15) is 0 Å². The van der Waals surface area contributed by atoms with Gasteiger partial charge in [0.25, 0.3) is 0 Å². The van der Waals surface area contributed by atoms with Crippen LogP contribution in [0.25, 0.3) is 0 Å². The zero-order valence-electron chi connectivity index (χ0n) is 14.6. The molecule has 3 rings (SSSR count). The summed E-state index contributed by atoms with van der Waals surface area (Å²) in [5, 5.41) is 3.05. The third-order valence-electron chi connectivity index (χ3n) is 4.66. The van der Waals surface area contributed by atoms with Crippen molar-refractivity contribution in [2.75, 3.05) is 47.1 Å². The van der Waals surface area contributed by atoms with Gasteiger partial charge in [0.2, 0.25) is 12.7 Å². The Morgan fingerprint density at radius 1 is 1.25 bits per heavy atom. The highest BCUT2D eigenvalue weighted by Crippen LogP contribution is 2.33. The number of carbonyl (C=O) groups is 1. The Hall–Kier alpha value is -1.79. The number of carbonyl (C=O) groups excluding carboxylic acids is 1. The molecule has 2 aliphatic rings. The van der Waals surface area contributed by atoms with Gasteiger partial charge in [0.15, 0.2) is 11.5 Å². The Kier molecular flexibility index (Phi) is 5.58. The summed E-state index contributed by atoms with van der Waals surface area (Å²) in [5.41, 5.74) is 1.23. The van der Waals surface area contributed by atoms with Gasteiger partial charge < -0.3 is 19.7 Å². The molecule has 0 bridgehead atoms. The summed E-state index contributed by atoms with van der Waals surface area (Å²) in [7, 11) is 4.03. The van der Waals surface area contributed by atoms with E-state index in [1.54, 1.807) is 0 Å². The van der Waals surface area contributed by atoms with Crippen molar-refractivity contribution in [3.8, 4) is 11.5 Å². The van der Waals surface area contributed by atoms with Crippen molar-refractivity contribution in [1.29, 1.82) is 0 Å². The molecule has 132 valence electrons. The SMILES string of the molecule is CN(C)CCNC(=O)C1CCN(Cc2ccc3c(c2)OCO3)CC1. The van der Waals surface area contributed by atoms with E-state index in [0.717, 1.165) is 57.1 Å². The highest BCUT2D eigenvalue weighted by atomic mass is 16.7. The highest BCUT2D eigenvalue weighted by Gasteiger charge is 2.25. The fraction of sp³-hybridized carbons (Fsp3) is 0.611.